The Bertz CT molecular complexity index is 1420. The SMILES string of the molecule is C.Cc1cc(F)c(C(=O)Nc2ccnc3c2OC[C@H](C)n2cnnc2-3)cc1-n1cnc(C2CC2)c1. The number of nitrogens with one attached hydrogen (secondary N) is 1. The third kappa shape index (κ3) is 3.94. The van der Waals surface area contributed by atoms with E-state index in [1.807, 2.05) is 29.2 Å². The van der Waals surface area contributed by atoms with Gasteiger partial charge in [-0.2, -0.15) is 0 Å². The van der Waals surface area contributed by atoms with Crippen molar-refractivity contribution < 1.29 is 13.9 Å². The minimum atomic E-state index is -0.601. The lowest BCUT2D eigenvalue weighted by Gasteiger charge is -2.15. The summed E-state index contributed by atoms with van der Waals surface area (Å²) < 4.78 is 24.6. The lowest BCUT2D eigenvalue weighted by atomic mass is 10.1. The number of benzene rings is 1. The molecule has 1 aromatic carbocycles. The molecular weight excluding hydrogens is 449 g/mol. The second-order valence-corrected chi connectivity index (χ2v) is 8.81. The summed E-state index contributed by atoms with van der Waals surface area (Å²) in [5, 5.41) is 10.9. The predicted octanol–water partition coefficient (Wildman–Crippen LogP) is 4.69. The maximum Gasteiger partial charge on any atom is 0.258 e. The Hall–Kier alpha value is -4.08. The van der Waals surface area contributed by atoms with Crippen molar-refractivity contribution in [1.82, 2.24) is 29.3 Å². The van der Waals surface area contributed by atoms with Gasteiger partial charge in [-0.25, -0.2) is 14.4 Å². The summed E-state index contributed by atoms with van der Waals surface area (Å²) in [5.41, 5.74) is 3.22. The maximum atomic E-state index is 14.9. The highest BCUT2D eigenvalue weighted by molar-refractivity contribution is 6.06. The standard InChI is InChI=1S/C24H22FN7O2.CH4/c1-13-7-17(25)16(8-20(13)31-9-19(27-11-31)15-3-4-15)24(33)29-18-5-6-26-21-22(18)34-10-14(2)32-12-28-30-23(21)32;/h5-9,11-12,14-15H,3-4,10H2,1-2H3,(H,26,29,33);1H4/t14-;/m0./s1. The van der Waals surface area contributed by atoms with Crippen LogP contribution in [0, 0.1) is 12.7 Å². The van der Waals surface area contributed by atoms with Gasteiger partial charge in [0, 0.05) is 18.3 Å². The van der Waals surface area contributed by atoms with Crippen LogP contribution in [0.3, 0.4) is 0 Å². The largest absolute Gasteiger partial charge is 0.487 e. The van der Waals surface area contributed by atoms with Gasteiger partial charge in [-0.3, -0.25) is 4.79 Å². The molecule has 1 N–H and O–H groups in total. The van der Waals surface area contributed by atoms with E-state index in [1.54, 1.807) is 31.0 Å². The number of carbonyl (C=O) groups excluding carboxylic acids is 1. The van der Waals surface area contributed by atoms with Gasteiger partial charge in [0.2, 0.25) is 0 Å². The van der Waals surface area contributed by atoms with Crippen LogP contribution < -0.4 is 10.1 Å². The fraction of sp³-hybridized carbons (Fsp3) is 0.320. The van der Waals surface area contributed by atoms with Crippen LogP contribution in [0.15, 0.2) is 43.2 Å². The van der Waals surface area contributed by atoms with Gasteiger partial charge in [0.1, 0.15) is 18.8 Å². The van der Waals surface area contributed by atoms with Crippen molar-refractivity contribution in [1.29, 1.82) is 0 Å². The van der Waals surface area contributed by atoms with Crippen molar-refractivity contribution in [2.24, 2.45) is 0 Å². The van der Waals surface area contributed by atoms with Gasteiger partial charge < -0.3 is 19.2 Å². The number of hydrogen-bond acceptors (Lipinski definition) is 6. The number of anilines is 1. The van der Waals surface area contributed by atoms with E-state index in [0.717, 1.165) is 18.5 Å². The zero-order valence-electron chi connectivity index (χ0n) is 18.7. The molecule has 1 saturated carbocycles. The molecule has 1 aliphatic carbocycles. The Labute approximate surface area is 202 Å². The van der Waals surface area contributed by atoms with Gasteiger partial charge in [0.05, 0.1) is 35.0 Å². The molecular formula is C25H26FN7O2. The molecule has 0 saturated heterocycles. The molecule has 9 nitrogen and oxygen atoms in total. The zero-order valence-corrected chi connectivity index (χ0v) is 18.7. The lowest BCUT2D eigenvalue weighted by Crippen LogP contribution is -2.16. The van der Waals surface area contributed by atoms with E-state index in [1.165, 1.54) is 6.07 Å². The van der Waals surface area contributed by atoms with Crippen molar-refractivity contribution in [3.63, 3.8) is 0 Å². The van der Waals surface area contributed by atoms with Crippen LogP contribution in [0.25, 0.3) is 17.2 Å². The molecule has 1 fully saturated rings. The summed E-state index contributed by atoms with van der Waals surface area (Å²) >= 11 is 0. The second-order valence-electron chi connectivity index (χ2n) is 8.81. The van der Waals surface area contributed by atoms with Gasteiger partial charge in [-0.15, -0.1) is 10.2 Å². The highest BCUT2D eigenvalue weighted by Crippen LogP contribution is 2.40. The Kier molecular flexibility index (Phi) is 5.58. The van der Waals surface area contributed by atoms with Crippen molar-refractivity contribution >= 4 is 11.6 Å². The number of ether oxygens (including phenoxy) is 1. The van der Waals surface area contributed by atoms with Crippen LogP contribution in [0.4, 0.5) is 10.1 Å². The van der Waals surface area contributed by atoms with Crippen molar-refractivity contribution in [2.75, 3.05) is 11.9 Å². The summed E-state index contributed by atoms with van der Waals surface area (Å²) in [5.74, 6) is 0.241. The van der Waals surface area contributed by atoms with Gasteiger partial charge in [0.25, 0.3) is 5.91 Å². The number of rotatable bonds is 4. The molecule has 3 aromatic heterocycles. The first-order valence-electron chi connectivity index (χ1n) is 11.2. The molecule has 0 bridgehead atoms. The number of halogens is 1. The smallest absolute Gasteiger partial charge is 0.258 e. The van der Waals surface area contributed by atoms with E-state index in [2.05, 4.69) is 25.5 Å². The van der Waals surface area contributed by atoms with Gasteiger partial charge in [0.15, 0.2) is 17.3 Å². The molecule has 1 atom stereocenters. The third-order valence-corrected chi connectivity index (χ3v) is 6.29. The van der Waals surface area contributed by atoms with E-state index in [4.69, 9.17) is 4.74 Å². The van der Waals surface area contributed by atoms with E-state index < -0.39 is 11.7 Å². The quantitative estimate of drug-likeness (QED) is 0.460. The van der Waals surface area contributed by atoms with Crippen LogP contribution in [-0.4, -0.2) is 41.8 Å². The fourth-order valence-corrected chi connectivity index (χ4v) is 4.23. The van der Waals surface area contributed by atoms with E-state index in [-0.39, 0.29) is 19.0 Å². The number of carbonyl (C=O) groups is 1. The molecule has 4 heterocycles. The molecule has 1 aliphatic heterocycles. The molecule has 2 aliphatic rings. The molecule has 35 heavy (non-hydrogen) atoms. The van der Waals surface area contributed by atoms with Crippen LogP contribution in [0.2, 0.25) is 0 Å². The van der Waals surface area contributed by atoms with Crippen LogP contribution in [0.1, 0.15) is 60.8 Å². The molecule has 10 heteroatoms. The number of imidazole rings is 1. The Morgan fingerprint density at radius 1 is 1.23 bits per heavy atom. The van der Waals surface area contributed by atoms with Crippen LogP contribution >= 0.6 is 0 Å². The highest BCUT2D eigenvalue weighted by Gasteiger charge is 2.28. The molecule has 4 aromatic rings. The fourth-order valence-electron chi connectivity index (χ4n) is 4.23. The molecule has 0 unspecified atom stereocenters. The van der Waals surface area contributed by atoms with Crippen molar-refractivity contribution in [3.05, 3.63) is 65.9 Å². The normalized spacial score (nSPS) is 16.4. The summed E-state index contributed by atoms with van der Waals surface area (Å²) in [6, 6.07) is 4.53. The van der Waals surface area contributed by atoms with Gasteiger partial charge >= 0.3 is 0 Å². The van der Waals surface area contributed by atoms with Gasteiger partial charge in [-0.05, 0) is 50.5 Å². The summed E-state index contributed by atoms with van der Waals surface area (Å²) in [4.78, 5) is 22.1. The molecule has 1 amide bonds. The average Bonchev–Trinajstić information content (AvgIpc) is 3.38. The third-order valence-electron chi connectivity index (χ3n) is 6.29. The Balaban J connectivity index is 0.00000253. The summed E-state index contributed by atoms with van der Waals surface area (Å²) in [7, 11) is 0. The first-order valence-corrected chi connectivity index (χ1v) is 11.2. The summed E-state index contributed by atoms with van der Waals surface area (Å²) in [6.45, 7) is 4.13. The van der Waals surface area contributed by atoms with Crippen LogP contribution in [-0.2, 0) is 0 Å². The predicted molar refractivity (Wildman–Crippen MR) is 128 cm³/mol. The number of aromatic nitrogens is 6. The van der Waals surface area contributed by atoms with E-state index in [9.17, 15) is 9.18 Å². The molecule has 0 spiro atoms. The first kappa shape index (κ1) is 22.7. The second kappa shape index (κ2) is 8.61. The van der Waals surface area contributed by atoms with Crippen molar-refractivity contribution in [2.45, 2.75) is 46.1 Å². The molecule has 180 valence electrons. The number of aryl methyl sites for hydroxylation is 1. The Morgan fingerprint density at radius 3 is 2.86 bits per heavy atom. The summed E-state index contributed by atoms with van der Waals surface area (Å²) in [6.07, 6.45) is 9.12. The molecule has 0 radical (unpaired) electrons. The Morgan fingerprint density at radius 2 is 2.06 bits per heavy atom. The van der Waals surface area contributed by atoms with Crippen molar-refractivity contribution in [3.8, 4) is 23.0 Å². The number of nitrogens with zero attached hydrogens (tertiary/aromatic N) is 6. The topological polar surface area (TPSA) is 99.7 Å². The minimum absolute atomic E-state index is 0. The van der Waals surface area contributed by atoms with E-state index >= 15 is 0 Å². The van der Waals surface area contributed by atoms with Gasteiger partial charge in [-0.1, -0.05) is 7.43 Å². The van der Waals surface area contributed by atoms with Crippen LogP contribution in [0.5, 0.6) is 5.75 Å². The maximum absolute atomic E-state index is 14.9. The number of hydrogen-bond donors (Lipinski definition) is 1. The average molecular weight is 476 g/mol. The molecule has 6 rings (SSSR count). The number of pyridine rings is 1. The number of fused-ring (bicyclic) bond motifs is 3. The van der Waals surface area contributed by atoms with E-state index in [0.29, 0.717) is 46.7 Å². The minimum Gasteiger partial charge on any atom is -0.487 e. The zero-order chi connectivity index (χ0) is 23.4. The number of amides is 1. The monoisotopic (exact) mass is 475 g/mol. The highest BCUT2D eigenvalue weighted by atomic mass is 19.1. The first-order chi connectivity index (χ1) is 16.5. The lowest BCUT2D eigenvalue weighted by molar-refractivity contribution is 0.102.